The summed E-state index contributed by atoms with van der Waals surface area (Å²) < 4.78 is 39.7. The molecule has 0 radical (unpaired) electrons. The summed E-state index contributed by atoms with van der Waals surface area (Å²) in [4.78, 5) is 48.8. The third-order valence-electron chi connectivity index (χ3n) is 5.97. The van der Waals surface area contributed by atoms with E-state index in [9.17, 15) is 14.4 Å². The summed E-state index contributed by atoms with van der Waals surface area (Å²) in [6.45, 7) is 10.0. The van der Waals surface area contributed by atoms with Gasteiger partial charge in [0.1, 0.15) is 0 Å². The van der Waals surface area contributed by atoms with Crippen LogP contribution >= 0.6 is 20.1 Å². The molecule has 1 fully saturated rings. The first-order chi connectivity index (χ1) is 20.4. The van der Waals surface area contributed by atoms with Crippen LogP contribution in [0.1, 0.15) is 47.1 Å². The molecule has 3 rings (SSSR count). The van der Waals surface area contributed by atoms with Gasteiger partial charge in [-0.1, -0.05) is 0 Å². The number of rotatable bonds is 5. The number of nitrogens with two attached hydrogens (primary N) is 1. The zero-order valence-electron chi connectivity index (χ0n) is 26.7. The first-order valence-electron chi connectivity index (χ1n) is 13.8. The van der Waals surface area contributed by atoms with E-state index in [0.29, 0.717) is 14.9 Å². The second-order valence-electron chi connectivity index (χ2n) is 12.2. The monoisotopic (exact) mass is 728 g/mol. The van der Waals surface area contributed by atoms with Gasteiger partial charge in [0.15, 0.2) is 0 Å². The van der Waals surface area contributed by atoms with Gasteiger partial charge in [0, 0.05) is 0 Å². The zero-order chi connectivity index (χ0) is 33.0. The van der Waals surface area contributed by atoms with Crippen LogP contribution in [0.2, 0.25) is 0 Å². The molecule has 0 unspecified atom stereocenters. The van der Waals surface area contributed by atoms with Crippen LogP contribution in [0.15, 0.2) is 47.5 Å². The molecule has 44 heavy (non-hydrogen) atoms. The quantitative estimate of drug-likeness (QED) is 0.185. The Morgan fingerprint density at radius 2 is 1.55 bits per heavy atom. The van der Waals surface area contributed by atoms with Gasteiger partial charge < -0.3 is 0 Å². The fraction of sp³-hybridized carbons (Fsp3) is 0.467. The molecule has 0 saturated carbocycles. The van der Waals surface area contributed by atoms with Gasteiger partial charge in [-0.25, -0.2) is 0 Å². The normalized spacial score (nSPS) is 14.8. The number of guanidine groups is 1. The number of methoxy groups -OCH3 is 1. The third kappa shape index (κ3) is 9.42. The number of amides is 4. The van der Waals surface area contributed by atoms with Gasteiger partial charge in [-0.3, -0.25) is 0 Å². The topological polar surface area (TPSA) is 130 Å². The van der Waals surface area contributed by atoms with E-state index >= 15 is 4.39 Å². The Morgan fingerprint density at radius 3 is 2.05 bits per heavy atom. The van der Waals surface area contributed by atoms with Gasteiger partial charge in [0.25, 0.3) is 0 Å². The predicted octanol–water partition coefficient (Wildman–Crippen LogP) is 5.50. The van der Waals surface area contributed by atoms with Crippen molar-refractivity contribution in [1.82, 2.24) is 19.6 Å². The molecule has 0 atom stereocenters. The Morgan fingerprint density at radius 1 is 0.977 bits per heavy atom. The van der Waals surface area contributed by atoms with Crippen molar-refractivity contribution in [1.29, 1.82) is 0 Å². The number of urea groups is 1. The Kier molecular flexibility index (Phi) is 11.1. The molecular formula is C30H42FIN6O6. The maximum absolute atomic E-state index is 15.6. The van der Waals surface area contributed by atoms with Crippen LogP contribution in [0.3, 0.4) is 0 Å². The molecule has 242 valence electrons. The third-order valence-corrected chi connectivity index (χ3v) is 10.2. The van der Waals surface area contributed by atoms with Crippen molar-refractivity contribution in [3.63, 3.8) is 0 Å². The van der Waals surface area contributed by atoms with Gasteiger partial charge in [-0.2, -0.15) is 0 Å². The molecule has 0 aliphatic carbocycles. The average molecular weight is 729 g/mol. The number of carbonyl (C=O) groups is 3. The van der Waals surface area contributed by atoms with E-state index in [4.69, 9.17) is 18.2 Å². The Hall–Kier alpha value is -3.66. The number of hydrogen-bond donors (Lipinski definition) is 1. The molecule has 2 aromatic carbocycles. The number of carbonyl (C=O) groups excluding carboxylic acids is 3. The summed E-state index contributed by atoms with van der Waals surface area (Å²) in [7, 11) is 4.73. The van der Waals surface area contributed by atoms with E-state index < -0.39 is 49.3 Å². The first-order valence-corrected chi connectivity index (χ1v) is 17.2. The second-order valence-corrected chi connectivity index (χ2v) is 16.4. The van der Waals surface area contributed by atoms with Crippen molar-refractivity contribution in [3.8, 4) is 5.75 Å². The SMILES string of the molecule is COc1ccc(I(N)c2ccc(CN(C(=O)OC(C)(C)C)/C(=N/C(=O)OC(C)(C)C)N3CN(C)C(=O)N(C)C3)cc2F)cc1. The van der Waals surface area contributed by atoms with Crippen molar-refractivity contribution in [3.05, 3.63) is 61.0 Å². The van der Waals surface area contributed by atoms with Crippen LogP contribution in [-0.2, 0) is 16.0 Å². The van der Waals surface area contributed by atoms with Crippen LogP contribution in [0, 0.1) is 13.0 Å². The van der Waals surface area contributed by atoms with Crippen molar-refractivity contribution in [2.24, 2.45) is 8.94 Å². The summed E-state index contributed by atoms with van der Waals surface area (Å²) in [6.07, 6.45) is -1.76. The van der Waals surface area contributed by atoms with E-state index in [1.165, 1.54) is 15.9 Å². The summed E-state index contributed by atoms with van der Waals surface area (Å²) in [5.74, 6) is 0.0499. The van der Waals surface area contributed by atoms with Crippen LogP contribution in [-0.4, -0.2) is 89.5 Å². The van der Waals surface area contributed by atoms with Gasteiger partial charge in [-0.15, -0.1) is 0 Å². The van der Waals surface area contributed by atoms with E-state index in [2.05, 4.69) is 4.99 Å². The molecule has 0 spiro atoms. The summed E-state index contributed by atoms with van der Waals surface area (Å²) in [5.41, 5.74) is -1.35. The van der Waals surface area contributed by atoms with E-state index in [0.717, 1.165) is 8.47 Å². The van der Waals surface area contributed by atoms with Gasteiger partial charge >= 0.3 is 266 Å². The van der Waals surface area contributed by atoms with Gasteiger partial charge in [-0.05, 0) is 0 Å². The van der Waals surface area contributed by atoms with Gasteiger partial charge in [0.2, 0.25) is 0 Å². The Bertz CT molecular complexity index is 1380. The maximum atomic E-state index is 15.6. The number of nitrogens with zero attached hydrogens (tertiary/aromatic N) is 5. The molecule has 2 N–H and O–H groups in total. The zero-order valence-corrected chi connectivity index (χ0v) is 28.8. The Labute approximate surface area is 265 Å². The number of aliphatic imine (C=N–C) groups is 1. The molecule has 2 aromatic rings. The minimum atomic E-state index is -2.58. The molecule has 1 saturated heterocycles. The van der Waals surface area contributed by atoms with Crippen LogP contribution < -0.4 is 8.68 Å². The van der Waals surface area contributed by atoms with Crippen LogP contribution in [0.25, 0.3) is 0 Å². The summed E-state index contributed by atoms with van der Waals surface area (Å²) in [6, 6.07) is 11.6. The van der Waals surface area contributed by atoms with E-state index in [-0.39, 0.29) is 31.9 Å². The van der Waals surface area contributed by atoms with Crippen molar-refractivity contribution in [2.45, 2.75) is 59.3 Å². The van der Waals surface area contributed by atoms with Gasteiger partial charge in [0.05, 0.1) is 0 Å². The van der Waals surface area contributed by atoms with Crippen LogP contribution in [0.5, 0.6) is 5.75 Å². The number of benzene rings is 2. The first kappa shape index (κ1) is 34.8. The predicted molar refractivity (Wildman–Crippen MR) is 173 cm³/mol. The van der Waals surface area contributed by atoms with Crippen LogP contribution in [0.4, 0.5) is 18.8 Å². The molecular weight excluding hydrogens is 686 g/mol. The molecule has 0 bridgehead atoms. The van der Waals surface area contributed by atoms with Crippen molar-refractivity contribution < 1.29 is 33.0 Å². The average Bonchev–Trinajstić information content (AvgIpc) is 2.91. The molecule has 4 amide bonds. The summed E-state index contributed by atoms with van der Waals surface area (Å²) >= 11 is -2.58. The summed E-state index contributed by atoms with van der Waals surface area (Å²) in [5, 5.41) is 0. The molecule has 1 aliphatic rings. The Balaban J connectivity index is 2.04. The molecule has 1 heterocycles. The molecule has 1 aliphatic heterocycles. The van der Waals surface area contributed by atoms with E-state index in [1.807, 2.05) is 12.1 Å². The fourth-order valence-corrected chi connectivity index (χ4v) is 7.19. The number of halogens is 2. The molecule has 0 aromatic heterocycles. The molecule has 14 heteroatoms. The van der Waals surface area contributed by atoms with E-state index in [1.54, 1.807) is 91.9 Å². The minimum absolute atomic E-state index is 0.0143. The standard InChI is InChI=1S/C30H42FIN6O6/c1-29(2,3)43-26(39)34-25(37-18-35(7)27(40)36(8)19-37)38(28(41)44-30(4,5)6)17-20-10-15-24(23(31)16-20)32(33)21-11-13-22(42-9)14-12-21/h10-16H,17-19,33H2,1-9H3/b34-25+. The number of hydrogen-bond acceptors (Lipinski definition) is 7. The second kappa shape index (κ2) is 14.0. The molecule has 12 nitrogen and oxygen atoms in total. The van der Waals surface area contributed by atoms with Crippen molar-refractivity contribution in [2.75, 3.05) is 34.5 Å². The van der Waals surface area contributed by atoms with Crippen molar-refractivity contribution >= 4 is 44.3 Å². The fourth-order valence-electron chi connectivity index (χ4n) is 4.11. The number of ether oxygens (including phenoxy) is 3.